The number of carbonyl (C=O) groups is 1. The molecule has 7 rings (SSSR count). The Hall–Kier alpha value is -4.01. The molecule has 2 aliphatic heterocycles. The number of aromatic nitrogens is 3. The second-order valence-electron chi connectivity index (χ2n) is 11.0. The molecule has 0 atom stereocenters. The minimum Gasteiger partial charge on any atom is -0.343 e. The fraction of sp³-hybridized carbons (Fsp3) is 0.303. The summed E-state index contributed by atoms with van der Waals surface area (Å²) in [5.74, 6) is 0.929. The van der Waals surface area contributed by atoms with E-state index in [2.05, 4.69) is 85.5 Å². The molecule has 2 aromatic carbocycles. The van der Waals surface area contributed by atoms with Crippen molar-refractivity contribution in [3.8, 4) is 0 Å². The molecule has 0 aliphatic carbocycles. The van der Waals surface area contributed by atoms with Crippen LogP contribution in [-0.4, -0.2) is 56.4 Å². The summed E-state index contributed by atoms with van der Waals surface area (Å²) < 4.78 is 2.28. The maximum absolute atomic E-state index is 13.0. The molecule has 2 aliphatic rings. The number of hydrogen-bond donors (Lipinski definition) is 1. The van der Waals surface area contributed by atoms with Crippen LogP contribution in [0.4, 0.5) is 11.5 Å². The molecule has 0 spiro atoms. The van der Waals surface area contributed by atoms with Crippen LogP contribution in [0.2, 0.25) is 0 Å². The van der Waals surface area contributed by atoms with Crippen molar-refractivity contribution in [2.24, 2.45) is 0 Å². The molecular formula is C33H34N6OS. The van der Waals surface area contributed by atoms with Gasteiger partial charge in [0.15, 0.2) is 0 Å². The van der Waals surface area contributed by atoms with Crippen LogP contribution < -0.4 is 5.32 Å². The average Bonchev–Trinajstić information content (AvgIpc) is 3.59. The van der Waals surface area contributed by atoms with Crippen molar-refractivity contribution in [1.82, 2.24) is 24.3 Å². The number of fused-ring (bicyclic) bond motifs is 4. The lowest BCUT2D eigenvalue weighted by atomic mass is 10.0. The van der Waals surface area contributed by atoms with E-state index in [0.29, 0.717) is 13.1 Å². The molecule has 8 heteroatoms. The lowest BCUT2D eigenvalue weighted by molar-refractivity contribution is -0.126. The molecule has 5 aromatic rings. The highest BCUT2D eigenvalue weighted by molar-refractivity contribution is 7.19. The predicted octanol–water partition coefficient (Wildman–Crippen LogP) is 6.36. The van der Waals surface area contributed by atoms with E-state index >= 15 is 0 Å². The van der Waals surface area contributed by atoms with Crippen LogP contribution in [0.5, 0.6) is 0 Å². The van der Waals surface area contributed by atoms with Gasteiger partial charge in [-0.3, -0.25) is 9.69 Å². The quantitative estimate of drug-likeness (QED) is 0.234. The van der Waals surface area contributed by atoms with Crippen molar-refractivity contribution < 1.29 is 4.79 Å². The van der Waals surface area contributed by atoms with Crippen molar-refractivity contribution in [2.45, 2.75) is 38.8 Å². The number of nitrogens with zero attached hydrogens (tertiary/aromatic N) is 5. The number of nitrogens with one attached hydrogen (secondary N) is 1. The zero-order valence-corrected chi connectivity index (χ0v) is 23.9. The van der Waals surface area contributed by atoms with E-state index in [9.17, 15) is 4.79 Å². The third kappa shape index (κ3) is 5.49. The highest BCUT2D eigenvalue weighted by Crippen LogP contribution is 2.38. The van der Waals surface area contributed by atoms with Gasteiger partial charge in [-0.1, -0.05) is 42.8 Å². The Morgan fingerprint density at radius 3 is 2.76 bits per heavy atom. The van der Waals surface area contributed by atoms with Gasteiger partial charge < -0.3 is 14.8 Å². The smallest absolute Gasteiger partial charge is 0.246 e. The third-order valence-electron chi connectivity index (χ3n) is 8.25. The molecule has 0 bridgehead atoms. The van der Waals surface area contributed by atoms with Gasteiger partial charge >= 0.3 is 0 Å². The van der Waals surface area contributed by atoms with Crippen molar-refractivity contribution in [2.75, 3.05) is 31.5 Å². The molecule has 1 N–H and O–H groups in total. The largest absolute Gasteiger partial charge is 0.343 e. The summed E-state index contributed by atoms with van der Waals surface area (Å²) in [7, 11) is 0. The first-order valence-corrected chi connectivity index (χ1v) is 15.4. The number of carbonyl (C=O) groups excluding carboxylic acids is 1. The maximum Gasteiger partial charge on any atom is 0.246 e. The number of amides is 1. The number of likely N-dealkylation sites (tertiary alicyclic amines) is 1. The first kappa shape index (κ1) is 25.9. The van der Waals surface area contributed by atoms with Crippen molar-refractivity contribution in [3.05, 3.63) is 95.3 Å². The van der Waals surface area contributed by atoms with E-state index in [1.807, 2.05) is 11.0 Å². The molecular weight excluding hydrogens is 528 g/mol. The maximum atomic E-state index is 13.0. The van der Waals surface area contributed by atoms with Crippen LogP contribution in [0, 0.1) is 0 Å². The summed E-state index contributed by atoms with van der Waals surface area (Å²) in [5.41, 5.74) is 4.76. The van der Waals surface area contributed by atoms with Crippen LogP contribution in [0.15, 0.2) is 79.3 Å². The normalized spacial score (nSPS) is 16.0. The number of thiophene rings is 1. The van der Waals surface area contributed by atoms with E-state index in [0.717, 1.165) is 54.3 Å². The van der Waals surface area contributed by atoms with Gasteiger partial charge in [-0.25, -0.2) is 9.97 Å². The first-order chi connectivity index (χ1) is 20.2. The van der Waals surface area contributed by atoms with Crippen LogP contribution in [0.25, 0.3) is 21.1 Å². The molecule has 5 heterocycles. The third-order valence-corrected chi connectivity index (χ3v) is 9.38. The van der Waals surface area contributed by atoms with Gasteiger partial charge in [0.2, 0.25) is 5.91 Å². The van der Waals surface area contributed by atoms with Gasteiger partial charge in [-0.15, -0.1) is 11.3 Å². The first-order valence-electron chi connectivity index (χ1n) is 14.5. The SMILES string of the molecule is O=C(C=CCN1CCCCC1)N1CCc2c(sc3ncnc(Nc4ccc5c(ccn5Cc5ccccc5)c4)c23)C1. The average molecular weight is 563 g/mol. The van der Waals surface area contributed by atoms with E-state index in [1.165, 1.54) is 46.2 Å². The topological polar surface area (TPSA) is 66.3 Å². The molecule has 0 radical (unpaired) electrons. The molecule has 0 unspecified atom stereocenters. The number of benzene rings is 2. The summed E-state index contributed by atoms with van der Waals surface area (Å²) in [6.07, 6.45) is 12.2. The Morgan fingerprint density at radius 1 is 1.00 bits per heavy atom. The Labute approximate surface area is 244 Å². The summed E-state index contributed by atoms with van der Waals surface area (Å²) in [6.45, 7) is 5.32. The number of anilines is 2. The van der Waals surface area contributed by atoms with Gasteiger partial charge in [0.05, 0.1) is 11.9 Å². The van der Waals surface area contributed by atoms with Crippen molar-refractivity contribution in [1.29, 1.82) is 0 Å². The summed E-state index contributed by atoms with van der Waals surface area (Å²) in [5, 5.41) is 5.85. The fourth-order valence-electron chi connectivity index (χ4n) is 6.09. The van der Waals surface area contributed by atoms with Gasteiger partial charge in [0, 0.05) is 53.4 Å². The standard InChI is InChI=1S/C33H34N6OS/c40-30(10-7-17-37-15-5-2-6-16-37)39-19-14-27-29(22-39)41-33-31(27)32(34-23-35-33)36-26-11-12-28-25(20-26)13-18-38(28)21-24-8-3-1-4-9-24/h1,3-4,7-13,18,20,23H,2,5-6,14-17,19,21-22H2,(H,34,35,36). The molecule has 1 amide bonds. The molecule has 208 valence electrons. The summed E-state index contributed by atoms with van der Waals surface area (Å²) in [4.78, 5) is 28.8. The monoisotopic (exact) mass is 562 g/mol. The second kappa shape index (κ2) is 11.5. The molecule has 3 aromatic heterocycles. The van der Waals surface area contributed by atoms with Crippen LogP contribution in [-0.2, 0) is 24.3 Å². The molecule has 1 fully saturated rings. The number of hydrogen-bond acceptors (Lipinski definition) is 6. The van der Waals surface area contributed by atoms with Gasteiger partial charge in [-0.05, 0) is 67.7 Å². The minimum atomic E-state index is 0.0991. The Morgan fingerprint density at radius 2 is 1.88 bits per heavy atom. The predicted molar refractivity (Wildman–Crippen MR) is 167 cm³/mol. The van der Waals surface area contributed by atoms with Gasteiger partial charge in [0.1, 0.15) is 17.0 Å². The second-order valence-corrected chi connectivity index (χ2v) is 12.1. The minimum absolute atomic E-state index is 0.0991. The molecule has 7 nitrogen and oxygen atoms in total. The highest BCUT2D eigenvalue weighted by atomic mass is 32.1. The van der Waals surface area contributed by atoms with E-state index < -0.39 is 0 Å². The van der Waals surface area contributed by atoms with E-state index in [4.69, 9.17) is 0 Å². The van der Waals surface area contributed by atoms with E-state index in [-0.39, 0.29) is 5.91 Å². The number of piperidine rings is 1. The lowest BCUT2D eigenvalue weighted by Crippen LogP contribution is -2.34. The summed E-state index contributed by atoms with van der Waals surface area (Å²) in [6, 6.07) is 19.2. The molecule has 41 heavy (non-hydrogen) atoms. The van der Waals surface area contributed by atoms with Crippen LogP contribution >= 0.6 is 11.3 Å². The van der Waals surface area contributed by atoms with Crippen LogP contribution in [0.1, 0.15) is 35.3 Å². The Bertz CT molecular complexity index is 1720. The fourth-order valence-corrected chi connectivity index (χ4v) is 7.30. The van der Waals surface area contributed by atoms with E-state index in [1.54, 1.807) is 23.7 Å². The summed E-state index contributed by atoms with van der Waals surface area (Å²) >= 11 is 1.68. The molecule has 1 saturated heterocycles. The van der Waals surface area contributed by atoms with Crippen molar-refractivity contribution >= 4 is 49.9 Å². The highest BCUT2D eigenvalue weighted by Gasteiger charge is 2.25. The van der Waals surface area contributed by atoms with Gasteiger partial charge in [0.25, 0.3) is 0 Å². The zero-order chi connectivity index (χ0) is 27.6. The molecule has 0 saturated carbocycles. The van der Waals surface area contributed by atoms with Gasteiger partial charge in [-0.2, -0.15) is 0 Å². The lowest BCUT2D eigenvalue weighted by Gasteiger charge is -2.27. The van der Waals surface area contributed by atoms with Crippen LogP contribution in [0.3, 0.4) is 0 Å². The Kier molecular flexibility index (Phi) is 7.25. The Balaban J connectivity index is 1.07. The van der Waals surface area contributed by atoms with Crippen molar-refractivity contribution in [3.63, 3.8) is 0 Å². The zero-order valence-electron chi connectivity index (χ0n) is 23.1. The number of rotatable bonds is 7.